The normalized spacial score (nSPS) is 18.2. The zero-order valence-corrected chi connectivity index (χ0v) is 12.1. The third-order valence-electron chi connectivity index (χ3n) is 3.87. The standard InChI is InChI=1S/C16H21N3O2/c20-16(15-18-13-8-1-2-9-14(13)19-15)17-10-4-3-6-12-7-5-11-21-12/h1-2,8-9,12H,3-7,10-11H2,(H,17,20)(H,18,19)/t12-/m1/s1. The fourth-order valence-corrected chi connectivity index (χ4v) is 2.71. The quantitative estimate of drug-likeness (QED) is 0.803. The molecule has 3 rings (SSSR count). The van der Waals surface area contributed by atoms with Crippen LogP contribution in [0.3, 0.4) is 0 Å². The molecule has 1 aliphatic rings. The van der Waals surface area contributed by atoms with Gasteiger partial charge in [-0.3, -0.25) is 4.79 Å². The first-order chi connectivity index (χ1) is 10.3. The molecule has 0 bridgehead atoms. The van der Waals surface area contributed by atoms with Crippen LogP contribution >= 0.6 is 0 Å². The van der Waals surface area contributed by atoms with E-state index in [9.17, 15) is 4.79 Å². The first-order valence-electron chi connectivity index (χ1n) is 7.67. The number of fused-ring (bicyclic) bond motifs is 1. The molecule has 5 heteroatoms. The van der Waals surface area contributed by atoms with Crippen molar-refractivity contribution < 1.29 is 9.53 Å². The number of ether oxygens (including phenoxy) is 1. The number of unbranched alkanes of at least 4 members (excludes halogenated alkanes) is 1. The summed E-state index contributed by atoms with van der Waals surface area (Å²) in [6.07, 6.45) is 5.98. The number of para-hydroxylation sites is 2. The maximum Gasteiger partial charge on any atom is 0.287 e. The Morgan fingerprint density at radius 1 is 1.38 bits per heavy atom. The smallest absolute Gasteiger partial charge is 0.287 e. The number of H-pyrrole nitrogens is 1. The number of nitrogens with one attached hydrogen (secondary N) is 2. The Balaban J connectivity index is 1.41. The molecule has 1 atom stereocenters. The van der Waals surface area contributed by atoms with Crippen molar-refractivity contribution >= 4 is 16.9 Å². The molecule has 1 aliphatic heterocycles. The van der Waals surface area contributed by atoms with Gasteiger partial charge in [0, 0.05) is 13.2 Å². The molecule has 0 unspecified atom stereocenters. The number of hydrogen-bond acceptors (Lipinski definition) is 3. The highest BCUT2D eigenvalue weighted by atomic mass is 16.5. The van der Waals surface area contributed by atoms with Gasteiger partial charge in [0.2, 0.25) is 0 Å². The van der Waals surface area contributed by atoms with Crippen LogP contribution in [-0.4, -0.2) is 35.1 Å². The van der Waals surface area contributed by atoms with Gasteiger partial charge in [-0.1, -0.05) is 12.1 Å². The molecule has 1 aromatic heterocycles. The fourth-order valence-electron chi connectivity index (χ4n) is 2.71. The Morgan fingerprint density at radius 3 is 3.10 bits per heavy atom. The van der Waals surface area contributed by atoms with Crippen molar-refractivity contribution in [3.8, 4) is 0 Å². The highest BCUT2D eigenvalue weighted by Gasteiger charge is 2.14. The summed E-state index contributed by atoms with van der Waals surface area (Å²) in [5.41, 5.74) is 1.71. The molecular weight excluding hydrogens is 266 g/mol. The van der Waals surface area contributed by atoms with E-state index in [4.69, 9.17) is 4.74 Å². The molecule has 0 saturated carbocycles. The number of nitrogens with zero attached hydrogens (tertiary/aromatic N) is 1. The van der Waals surface area contributed by atoms with Crippen LogP contribution in [0.2, 0.25) is 0 Å². The second-order valence-corrected chi connectivity index (χ2v) is 5.49. The predicted molar refractivity (Wildman–Crippen MR) is 81.3 cm³/mol. The number of amides is 1. The Bertz CT molecular complexity index is 569. The van der Waals surface area contributed by atoms with Crippen molar-refractivity contribution in [3.05, 3.63) is 30.1 Å². The molecular formula is C16H21N3O2. The lowest BCUT2D eigenvalue weighted by atomic mass is 10.1. The number of imidazole rings is 1. The zero-order valence-electron chi connectivity index (χ0n) is 12.1. The van der Waals surface area contributed by atoms with E-state index in [0.29, 0.717) is 18.5 Å². The second kappa shape index (κ2) is 6.72. The second-order valence-electron chi connectivity index (χ2n) is 5.49. The number of aromatic amines is 1. The number of rotatable bonds is 6. The van der Waals surface area contributed by atoms with Crippen LogP contribution in [0.4, 0.5) is 0 Å². The molecule has 5 nitrogen and oxygen atoms in total. The van der Waals surface area contributed by atoms with Crippen molar-refractivity contribution in [3.63, 3.8) is 0 Å². The van der Waals surface area contributed by atoms with E-state index in [1.54, 1.807) is 0 Å². The van der Waals surface area contributed by atoms with Gasteiger partial charge in [0.25, 0.3) is 5.91 Å². The highest BCUT2D eigenvalue weighted by molar-refractivity contribution is 5.94. The van der Waals surface area contributed by atoms with Gasteiger partial charge < -0.3 is 15.0 Å². The SMILES string of the molecule is O=C(NCCCC[C@@H]1CCCO1)c1nc2ccccc2[nH]1. The van der Waals surface area contributed by atoms with Gasteiger partial charge in [-0.25, -0.2) is 4.98 Å². The van der Waals surface area contributed by atoms with Gasteiger partial charge in [0.15, 0.2) is 5.82 Å². The summed E-state index contributed by atoms with van der Waals surface area (Å²) < 4.78 is 5.58. The summed E-state index contributed by atoms with van der Waals surface area (Å²) in [5.74, 6) is 0.249. The van der Waals surface area contributed by atoms with Crippen molar-refractivity contribution in [2.45, 2.75) is 38.2 Å². The van der Waals surface area contributed by atoms with E-state index >= 15 is 0 Å². The van der Waals surface area contributed by atoms with Crippen molar-refractivity contribution in [1.29, 1.82) is 0 Å². The van der Waals surface area contributed by atoms with E-state index in [1.807, 2.05) is 24.3 Å². The van der Waals surface area contributed by atoms with E-state index in [1.165, 1.54) is 12.8 Å². The third-order valence-corrected chi connectivity index (χ3v) is 3.87. The molecule has 2 heterocycles. The number of carbonyl (C=O) groups excluding carboxylic acids is 1. The molecule has 1 fully saturated rings. The van der Waals surface area contributed by atoms with Gasteiger partial charge in [-0.05, 0) is 44.2 Å². The summed E-state index contributed by atoms with van der Waals surface area (Å²) in [7, 11) is 0. The monoisotopic (exact) mass is 287 g/mol. The number of aromatic nitrogens is 2. The van der Waals surface area contributed by atoms with Crippen LogP contribution in [0.5, 0.6) is 0 Å². The molecule has 1 aromatic carbocycles. The van der Waals surface area contributed by atoms with Crippen LogP contribution in [-0.2, 0) is 4.74 Å². The average Bonchev–Trinajstić information content (AvgIpc) is 3.15. The number of carbonyl (C=O) groups is 1. The molecule has 21 heavy (non-hydrogen) atoms. The largest absolute Gasteiger partial charge is 0.378 e. The van der Waals surface area contributed by atoms with Gasteiger partial charge in [0.1, 0.15) is 0 Å². The topological polar surface area (TPSA) is 67.0 Å². The molecule has 0 radical (unpaired) electrons. The molecule has 1 saturated heterocycles. The Morgan fingerprint density at radius 2 is 2.29 bits per heavy atom. The lowest BCUT2D eigenvalue weighted by Crippen LogP contribution is -2.25. The first kappa shape index (κ1) is 14.1. The first-order valence-corrected chi connectivity index (χ1v) is 7.67. The van der Waals surface area contributed by atoms with Crippen molar-refractivity contribution in [2.75, 3.05) is 13.2 Å². The molecule has 1 amide bonds. The Kier molecular flexibility index (Phi) is 4.50. The lowest BCUT2D eigenvalue weighted by molar-refractivity contribution is 0.0938. The number of hydrogen-bond donors (Lipinski definition) is 2. The molecule has 112 valence electrons. The summed E-state index contributed by atoms with van der Waals surface area (Å²) in [6.45, 7) is 1.59. The minimum Gasteiger partial charge on any atom is -0.378 e. The lowest BCUT2D eigenvalue weighted by Gasteiger charge is -2.08. The summed E-state index contributed by atoms with van der Waals surface area (Å²) >= 11 is 0. The summed E-state index contributed by atoms with van der Waals surface area (Å²) in [6, 6.07) is 7.65. The maximum absolute atomic E-state index is 12.0. The predicted octanol–water partition coefficient (Wildman–Crippen LogP) is 2.64. The fraction of sp³-hybridized carbons (Fsp3) is 0.500. The van der Waals surface area contributed by atoms with Crippen LogP contribution in [0.25, 0.3) is 11.0 Å². The minimum atomic E-state index is -0.136. The van der Waals surface area contributed by atoms with E-state index in [2.05, 4.69) is 15.3 Å². The Hall–Kier alpha value is -1.88. The van der Waals surface area contributed by atoms with Crippen molar-refractivity contribution in [2.24, 2.45) is 0 Å². The van der Waals surface area contributed by atoms with Gasteiger partial charge >= 0.3 is 0 Å². The zero-order chi connectivity index (χ0) is 14.5. The van der Waals surface area contributed by atoms with Gasteiger partial charge in [-0.2, -0.15) is 0 Å². The van der Waals surface area contributed by atoms with Crippen LogP contribution in [0, 0.1) is 0 Å². The maximum atomic E-state index is 12.0. The van der Waals surface area contributed by atoms with Crippen LogP contribution in [0.15, 0.2) is 24.3 Å². The molecule has 2 aromatic rings. The Labute approximate surface area is 124 Å². The van der Waals surface area contributed by atoms with Gasteiger partial charge in [-0.15, -0.1) is 0 Å². The van der Waals surface area contributed by atoms with Crippen LogP contribution < -0.4 is 5.32 Å². The van der Waals surface area contributed by atoms with Gasteiger partial charge in [0.05, 0.1) is 17.1 Å². The molecule has 0 aliphatic carbocycles. The third kappa shape index (κ3) is 3.61. The molecule has 2 N–H and O–H groups in total. The highest BCUT2D eigenvalue weighted by Crippen LogP contribution is 2.17. The average molecular weight is 287 g/mol. The summed E-state index contributed by atoms with van der Waals surface area (Å²) in [5, 5.41) is 2.91. The van der Waals surface area contributed by atoms with E-state index in [-0.39, 0.29) is 5.91 Å². The van der Waals surface area contributed by atoms with Crippen molar-refractivity contribution in [1.82, 2.24) is 15.3 Å². The molecule has 0 spiro atoms. The van der Waals surface area contributed by atoms with E-state index in [0.717, 1.165) is 36.9 Å². The number of benzene rings is 1. The van der Waals surface area contributed by atoms with E-state index < -0.39 is 0 Å². The minimum absolute atomic E-state index is 0.136. The van der Waals surface area contributed by atoms with Crippen LogP contribution in [0.1, 0.15) is 42.7 Å². The summed E-state index contributed by atoms with van der Waals surface area (Å²) in [4.78, 5) is 19.3.